The number of amides is 1. The third kappa shape index (κ3) is 4.44. The molecule has 0 aliphatic heterocycles. The molecule has 138 valence electrons. The highest BCUT2D eigenvalue weighted by molar-refractivity contribution is 5.95. The number of benzene rings is 2. The van der Waals surface area contributed by atoms with E-state index in [4.69, 9.17) is 14.2 Å². The molecule has 2 aromatic rings. The van der Waals surface area contributed by atoms with Crippen molar-refractivity contribution in [3.63, 3.8) is 0 Å². The summed E-state index contributed by atoms with van der Waals surface area (Å²) in [6.45, 7) is 0. The minimum Gasteiger partial charge on any atom is -0.496 e. The molecule has 0 unspecified atom stereocenters. The van der Waals surface area contributed by atoms with Crippen molar-refractivity contribution in [3.8, 4) is 17.2 Å². The zero-order valence-electron chi connectivity index (χ0n) is 15.6. The van der Waals surface area contributed by atoms with Crippen LogP contribution in [-0.4, -0.2) is 47.5 Å². The summed E-state index contributed by atoms with van der Waals surface area (Å²) in [6.07, 6.45) is 1.49. The molecular weight excluding hydrogens is 334 g/mol. The van der Waals surface area contributed by atoms with E-state index in [1.54, 1.807) is 45.6 Å². The van der Waals surface area contributed by atoms with Gasteiger partial charge in [-0.3, -0.25) is 4.79 Å². The molecule has 2 aromatic carbocycles. The molecule has 0 aromatic heterocycles. The fourth-order valence-electron chi connectivity index (χ4n) is 2.29. The number of nitrogens with one attached hydrogen (secondary N) is 1. The highest BCUT2D eigenvalue weighted by Gasteiger charge is 2.11. The Hall–Kier alpha value is -3.22. The van der Waals surface area contributed by atoms with E-state index in [0.717, 1.165) is 5.69 Å². The first-order valence-electron chi connectivity index (χ1n) is 7.91. The van der Waals surface area contributed by atoms with Crippen LogP contribution in [0.1, 0.15) is 15.9 Å². The van der Waals surface area contributed by atoms with Crippen molar-refractivity contribution in [1.29, 1.82) is 0 Å². The van der Waals surface area contributed by atoms with Crippen LogP contribution < -0.4 is 24.5 Å². The first-order chi connectivity index (χ1) is 12.5. The van der Waals surface area contributed by atoms with Crippen LogP contribution in [0.25, 0.3) is 0 Å². The number of nitrogens with zero attached hydrogens (tertiary/aromatic N) is 2. The lowest BCUT2D eigenvalue weighted by Gasteiger charge is -2.12. The predicted octanol–water partition coefficient (Wildman–Crippen LogP) is 2.54. The Morgan fingerprint density at radius 1 is 0.962 bits per heavy atom. The molecule has 0 aliphatic carbocycles. The van der Waals surface area contributed by atoms with E-state index in [-0.39, 0.29) is 5.91 Å². The van der Waals surface area contributed by atoms with Gasteiger partial charge in [-0.25, -0.2) is 5.43 Å². The van der Waals surface area contributed by atoms with E-state index in [1.807, 2.05) is 31.1 Å². The molecule has 0 saturated carbocycles. The first-order valence-corrected chi connectivity index (χ1v) is 7.91. The molecule has 2 rings (SSSR count). The lowest BCUT2D eigenvalue weighted by atomic mass is 10.2. The van der Waals surface area contributed by atoms with E-state index in [0.29, 0.717) is 28.4 Å². The summed E-state index contributed by atoms with van der Waals surface area (Å²) < 4.78 is 15.8. The van der Waals surface area contributed by atoms with E-state index < -0.39 is 0 Å². The average molecular weight is 357 g/mol. The van der Waals surface area contributed by atoms with Crippen LogP contribution in [0.3, 0.4) is 0 Å². The van der Waals surface area contributed by atoms with E-state index in [2.05, 4.69) is 10.5 Å². The van der Waals surface area contributed by atoms with Crippen molar-refractivity contribution in [3.05, 3.63) is 47.5 Å². The second kappa shape index (κ2) is 8.75. The highest BCUT2D eigenvalue weighted by atomic mass is 16.5. The Labute approximate surface area is 153 Å². The molecule has 7 nitrogen and oxygen atoms in total. The molecule has 0 atom stereocenters. The Balaban J connectivity index is 2.13. The second-order valence-electron chi connectivity index (χ2n) is 5.59. The van der Waals surface area contributed by atoms with Crippen molar-refractivity contribution in [2.24, 2.45) is 5.10 Å². The van der Waals surface area contributed by atoms with Crippen molar-refractivity contribution < 1.29 is 19.0 Å². The molecule has 0 spiro atoms. The van der Waals surface area contributed by atoms with Gasteiger partial charge >= 0.3 is 0 Å². The van der Waals surface area contributed by atoms with E-state index in [9.17, 15) is 4.79 Å². The largest absolute Gasteiger partial charge is 0.496 e. The Morgan fingerprint density at radius 2 is 1.54 bits per heavy atom. The topological polar surface area (TPSA) is 72.4 Å². The number of hydrazone groups is 1. The maximum absolute atomic E-state index is 12.2. The van der Waals surface area contributed by atoms with E-state index in [1.165, 1.54) is 6.21 Å². The van der Waals surface area contributed by atoms with Crippen molar-refractivity contribution in [1.82, 2.24) is 5.43 Å². The number of hydrogen-bond donors (Lipinski definition) is 1. The third-order valence-corrected chi connectivity index (χ3v) is 3.75. The number of carbonyl (C=O) groups excluding carboxylic acids is 1. The normalized spacial score (nSPS) is 10.5. The highest BCUT2D eigenvalue weighted by Crippen LogP contribution is 2.33. The number of carbonyl (C=O) groups is 1. The van der Waals surface area contributed by atoms with Crippen LogP contribution in [-0.2, 0) is 0 Å². The molecule has 1 N–H and O–H groups in total. The summed E-state index contributed by atoms with van der Waals surface area (Å²) in [5, 5.41) is 4.00. The van der Waals surface area contributed by atoms with Crippen LogP contribution in [0.5, 0.6) is 17.2 Å². The molecular formula is C19H23N3O4. The standard InChI is InChI=1S/C19H23N3O4/c1-22(2)15-8-6-13(7-9-15)19(23)21-20-12-14-10-17(25-4)18(26-5)11-16(14)24-3/h6-12H,1-5H3,(H,21,23)/b20-12-. The summed E-state index contributed by atoms with van der Waals surface area (Å²) in [5.74, 6) is 1.34. The van der Waals surface area contributed by atoms with Gasteiger partial charge in [0.05, 0.1) is 27.5 Å². The number of rotatable bonds is 7. The van der Waals surface area contributed by atoms with E-state index >= 15 is 0 Å². The fraction of sp³-hybridized carbons (Fsp3) is 0.263. The summed E-state index contributed by atoms with van der Waals surface area (Å²) in [5.41, 5.74) is 4.68. The molecule has 0 fully saturated rings. The summed E-state index contributed by atoms with van der Waals surface area (Å²) in [6, 6.07) is 10.7. The molecule has 26 heavy (non-hydrogen) atoms. The van der Waals surface area contributed by atoms with Crippen LogP contribution in [0.4, 0.5) is 5.69 Å². The Kier molecular flexibility index (Phi) is 6.43. The van der Waals surface area contributed by atoms with Gasteiger partial charge in [-0.15, -0.1) is 0 Å². The van der Waals surface area contributed by atoms with Gasteiger partial charge in [0, 0.05) is 37.0 Å². The minimum absolute atomic E-state index is 0.300. The number of anilines is 1. The van der Waals surface area contributed by atoms with Gasteiger partial charge in [-0.1, -0.05) is 0 Å². The van der Waals surface area contributed by atoms with Crippen LogP contribution in [0, 0.1) is 0 Å². The second-order valence-corrected chi connectivity index (χ2v) is 5.59. The van der Waals surface area contributed by atoms with Crippen LogP contribution in [0.15, 0.2) is 41.5 Å². The van der Waals surface area contributed by atoms with Gasteiger partial charge < -0.3 is 19.1 Å². The molecule has 7 heteroatoms. The van der Waals surface area contributed by atoms with Gasteiger partial charge in [0.25, 0.3) is 5.91 Å². The summed E-state index contributed by atoms with van der Waals surface area (Å²) >= 11 is 0. The SMILES string of the molecule is COc1cc(OC)c(OC)cc1/C=N\NC(=O)c1ccc(N(C)C)cc1. The molecule has 1 amide bonds. The van der Waals surface area contributed by atoms with Gasteiger partial charge in [-0.05, 0) is 30.3 Å². The van der Waals surface area contributed by atoms with Gasteiger partial charge in [0.15, 0.2) is 11.5 Å². The minimum atomic E-state index is -0.300. The Morgan fingerprint density at radius 3 is 2.08 bits per heavy atom. The molecule has 0 aliphatic rings. The zero-order chi connectivity index (χ0) is 19.1. The molecule has 0 bridgehead atoms. The van der Waals surface area contributed by atoms with Crippen LogP contribution >= 0.6 is 0 Å². The molecule has 0 saturated heterocycles. The average Bonchev–Trinajstić information content (AvgIpc) is 2.67. The first kappa shape index (κ1) is 19.1. The van der Waals surface area contributed by atoms with Gasteiger partial charge in [-0.2, -0.15) is 5.10 Å². The maximum atomic E-state index is 12.2. The van der Waals surface area contributed by atoms with Crippen molar-refractivity contribution in [2.45, 2.75) is 0 Å². The fourth-order valence-corrected chi connectivity index (χ4v) is 2.29. The number of methoxy groups -OCH3 is 3. The zero-order valence-corrected chi connectivity index (χ0v) is 15.6. The maximum Gasteiger partial charge on any atom is 0.271 e. The predicted molar refractivity (Wildman–Crippen MR) is 102 cm³/mol. The molecule has 0 radical (unpaired) electrons. The van der Waals surface area contributed by atoms with Crippen molar-refractivity contribution >= 4 is 17.8 Å². The quantitative estimate of drug-likeness (QED) is 0.609. The monoisotopic (exact) mass is 357 g/mol. The Bertz CT molecular complexity index is 786. The lowest BCUT2D eigenvalue weighted by Crippen LogP contribution is -2.18. The number of hydrogen-bond acceptors (Lipinski definition) is 6. The summed E-state index contributed by atoms with van der Waals surface area (Å²) in [4.78, 5) is 14.1. The number of ether oxygens (including phenoxy) is 3. The molecule has 0 heterocycles. The van der Waals surface area contributed by atoms with Crippen LogP contribution in [0.2, 0.25) is 0 Å². The smallest absolute Gasteiger partial charge is 0.271 e. The third-order valence-electron chi connectivity index (χ3n) is 3.75. The van der Waals surface area contributed by atoms with Crippen molar-refractivity contribution in [2.75, 3.05) is 40.3 Å². The van der Waals surface area contributed by atoms with Gasteiger partial charge in [0.2, 0.25) is 0 Å². The summed E-state index contributed by atoms with van der Waals surface area (Å²) in [7, 11) is 8.52. The lowest BCUT2D eigenvalue weighted by molar-refractivity contribution is 0.0955. The van der Waals surface area contributed by atoms with Gasteiger partial charge in [0.1, 0.15) is 5.75 Å².